The fourth-order valence-electron chi connectivity index (χ4n) is 5.30. The number of hydrogen-bond acceptors (Lipinski definition) is 6. The summed E-state index contributed by atoms with van der Waals surface area (Å²) in [5.41, 5.74) is -0.112. The fraction of sp³-hybridized carbons (Fsp3) is 0.571. The zero-order valence-electron chi connectivity index (χ0n) is 22.3. The molecule has 2 fully saturated rings. The van der Waals surface area contributed by atoms with E-state index in [1.807, 2.05) is 44.2 Å². The Morgan fingerprint density at radius 2 is 1.86 bits per heavy atom. The third-order valence-corrected chi connectivity index (χ3v) is 7.18. The van der Waals surface area contributed by atoms with Gasteiger partial charge in [0.05, 0.1) is 12.3 Å². The summed E-state index contributed by atoms with van der Waals surface area (Å²) < 4.78 is 10.9. The van der Waals surface area contributed by atoms with Gasteiger partial charge in [0.2, 0.25) is 5.91 Å². The van der Waals surface area contributed by atoms with Crippen LogP contribution in [0.25, 0.3) is 0 Å². The second kappa shape index (κ2) is 10.9. The molecule has 0 bridgehead atoms. The number of esters is 1. The van der Waals surface area contributed by atoms with Crippen LogP contribution in [0.4, 0.5) is 4.79 Å². The topological polar surface area (TPSA) is 113 Å². The van der Waals surface area contributed by atoms with Gasteiger partial charge in [-0.2, -0.15) is 0 Å². The molecule has 1 aliphatic heterocycles. The Labute approximate surface area is 218 Å². The van der Waals surface area contributed by atoms with Crippen LogP contribution < -0.4 is 0 Å². The normalized spacial score (nSPS) is 22.4. The Morgan fingerprint density at radius 3 is 2.43 bits per heavy atom. The number of hydrogen-bond donors (Lipinski definition) is 1. The Hall–Kier alpha value is -3.36. The summed E-state index contributed by atoms with van der Waals surface area (Å²) in [6, 6.07) is 8.21. The van der Waals surface area contributed by atoms with Gasteiger partial charge in [0.15, 0.2) is 0 Å². The molecule has 3 rings (SSSR count). The molecule has 1 aromatic carbocycles. The van der Waals surface area contributed by atoms with Gasteiger partial charge in [0.25, 0.3) is 0 Å². The number of piperidine rings is 1. The van der Waals surface area contributed by atoms with Crippen LogP contribution in [0, 0.1) is 23.2 Å². The van der Waals surface area contributed by atoms with Gasteiger partial charge in [-0.3, -0.25) is 9.59 Å². The maximum Gasteiger partial charge on any atom is 0.410 e. The Kier molecular flexibility index (Phi) is 8.35. The molecule has 1 saturated carbocycles. The number of aliphatic carboxylic acids is 1. The summed E-state index contributed by atoms with van der Waals surface area (Å²) >= 11 is 0. The largest absolute Gasteiger partial charge is 0.480 e. The van der Waals surface area contributed by atoms with E-state index in [0.717, 1.165) is 5.56 Å². The second-order valence-electron chi connectivity index (χ2n) is 11.4. The van der Waals surface area contributed by atoms with Crippen molar-refractivity contribution >= 4 is 23.9 Å². The standard InChI is InChI=1S/C28H38N2O7/c1-7-13-29(26(35)36-17-18-11-9-8-10-12-18)15-19(14-21(31)37-27(2,3)4)24(32)30-16-20-22(28(20,5)6)23(30)25(33)34/h7-12,19-20,22-23H,1,13-17H2,2-6H3,(H,33,34)/t19-,20-,22-,23-/m0/s1. The van der Waals surface area contributed by atoms with Crippen molar-refractivity contribution in [2.75, 3.05) is 19.6 Å². The van der Waals surface area contributed by atoms with Crippen LogP contribution in [-0.4, -0.2) is 70.1 Å². The van der Waals surface area contributed by atoms with Crippen LogP contribution in [-0.2, 0) is 30.5 Å². The van der Waals surface area contributed by atoms with Crippen LogP contribution in [0.5, 0.6) is 0 Å². The molecule has 202 valence electrons. The Morgan fingerprint density at radius 1 is 1.22 bits per heavy atom. The van der Waals surface area contributed by atoms with Gasteiger partial charge in [0.1, 0.15) is 18.2 Å². The van der Waals surface area contributed by atoms with Crippen LogP contribution >= 0.6 is 0 Å². The number of likely N-dealkylation sites (tertiary alicyclic amines) is 1. The lowest BCUT2D eigenvalue weighted by Gasteiger charge is -2.33. The smallest absolute Gasteiger partial charge is 0.410 e. The van der Waals surface area contributed by atoms with Crippen molar-refractivity contribution in [3.8, 4) is 0 Å². The molecule has 1 N–H and O–H groups in total. The zero-order valence-corrected chi connectivity index (χ0v) is 22.3. The molecular formula is C28H38N2O7. The van der Waals surface area contributed by atoms with Gasteiger partial charge < -0.3 is 24.4 Å². The lowest BCUT2D eigenvalue weighted by atomic mass is 9.97. The van der Waals surface area contributed by atoms with E-state index in [-0.39, 0.29) is 43.4 Å². The predicted octanol–water partition coefficient (Wildman–Crippen LogP) is 3.73. The highest BCUT2D eigenvalue weighted by Gasteiger charge is 2.69. The predicted molar refractivity (Wildman–Crippen MR) is 136 cm³/mol. The number of carbonyl (C=O) groups is 4. The number of carbonyl (C=O) groups excluding carboxylic acids is 3. The number of rotatable bonds is 10. The molecule has 0 unspecified atom stereocenters. The molecule has 1 aromatic rings. The van der Waals surface area contributed by atoms with E-state index in [2.05, 4.69) is 6.58 Å². The van der Waals surface area contributed by atoms with E-state index in [1.54, 1.807) is 20.8 Å². The molecule has 1 aliphatic carbocycles. The summed E-state index contributed by atoms with van der Waals surface area (Å²) in [5, 5.41) is 9.93. The van der Waals surface area contributed by atoms with Crippen LogP contribution in [0.1, 0.15) is 46.6 Å². The summed E-state index contributed by atoms with van der Waals surface area (Å²) in [6.45, 7) is 13.2. The molecule has 9 heteroatoms. The van der Waals surface area contributed by atoms with Crippen molar-refractivity contribution in [1.82, 2.24) is 9.80 Å². The molecule has 37 heavy (non-hydrogen) atoms. The number of fused-ring (bicyclic) bond motifs is 1. The third-order valence-electron chi connectivity index (χ3n) is 7.18. The van der Waals surface area contributed by atoms with Crippen LogP contribution in [0.3, 0.4) is 0 Å². The van der Waals surface area contributed by atoms with Crippen molar-refractivity contribution in [3.05, 3.63) is 48.6 Å². The van der Waals surface area contributed by atoms with Crippen molar-refractivity contribution in [3.63, 3.8) is 0 Å². The Bertz CT molecular complexity index is 1030. The minimum absolute atomic E-state index is 0.0453. The van der Waals surface area contributed by atoms with E-state index in [0.29, 0.717) is 6.54 Å². The van der Waals surface area contributed by atoms with Gasteiger partial charge in [-0.05, 0) is 37.7 Å². The molecule has 9 nitrogen and oxygen atoms in total. The first-order valence-corrected chi connectivity index (χ1v) is 12.6. The molecule has 1 saturated heterocycles. The minimum Gasteiger partial charge on any atom is -0.480 e. The summed E-state index contributed by atoms with van der Waals surface area (Å²) in [6.07, 6.45) is 0.551. The first kappa shape index (κ1) is 28.2. The van der Waals surface area contributed by atoms with Gasteiger partial charge in [-0.25, -0.2) is 9.59 Å². The molecule has 2 amide bonds. The average Bonchev–Trinajstić information content (AvgIpc) is 3.15. The van der Waals surface area contributed by atoms with Crippen molar-refractivity contribution in [2.24, 2.45) is 23.2 Å². The number of ether oxygens (including phenoxy) is 2. The minimum atomic E-state index is -1.06. The van der Waals surface area contributed by atoms with Gasteiger partial charge in [-0.1, -0.05) is 50.3 Å². The Balaban J connectivity index is 1.79. The first-order chi connectivity index (χ1) is 17.3. The van der Waals surface area contributed by atoms with E-state index < -0.39 is 41.5 Å². The van der Waals surface area contributed by atoms with Crippen molar-refractivity contribution in [1.29, 1.82) is 0 Å². The van der Waals surface area contributed by atoms with E-state index in [9.17, 15) is 24.3 Å². The van der Waals surface area contributed by atoms with E-state index >= 15 is 0 Å². The number of amides is 2. The molecule has 0 spiro atoms. The SMILES string of the molecule is C=CCN(C[C@H](CC(=O)OC(C)(C)C)C(=O)N1C[C@H]2[C@@H]([C@H]1C(=O)O)C2(C)C)C(=O)OCc1ccccc1. The summed E-state index contributed by atoms with van der Waals surface area (Å²) in [7, 11) is 0. The lowest BCUT2D eigenvalue weighted by molar-refractivity contribution is -0.160. The highest BCUT2D eigenvalue weighted by Crippen LogP contribution is 2.65. The highest BCUT2D eigenvalue weighted by molar-refractivity contribution is 5.89. The molecule has 2 aliphatic rings. The quantitative estimate of drug-likeness (QED) is 0.374. The van der Waals surface area contributed by atoms with Crippen LogP contribution in [0.15, 0.2) is 43.0 Å². The fourth-order valence-corrected chi connectivity index (χ4v) is 5.30. The van der Waals surface area contributed by atoms with Gasteiger partial charge >= 0.3 is 18.0 Å². The molecular weight excluding hydrogens is 476 g/mol. The van der Waals surface area contributed by atoms with Crippen molar-refractivity contribution < 1.29 is 33.8 Å². The highest BCUT2D eigenvalue weighted by atomic mass is 16.6. The van der Waals surface area contributed by atoms with E-state index in [1.165, 1.54) is 15.9 Å². The summed E-state index contributed by atoms with van der Waals surface area (Å²) in [5.74, 6) is -3.20. The molecule has 4 atom stereocenters. The first-order valence-electron chi connectivity index (χ1n) is 12.6. The maximum absolute atomic E-state index is 13.7. The lowest BCUT2D eigenvalue weighted by Crippen LogP contribution is -2.50. The van der Waals surface area contributed by atoms with Crippen LogP contribution in [0.2, 0.25) is 0 Å². The van der Waals surface area contributed by atoms with Crippen molar-refractivity contribution in [2.45, 2.75) is 59.3 Å². The maximum atomic E-state index is 13.7. The number of carboxylic acid groups (broad SMARTS) is 1. The molecule has 1 heterocycles. The number of carboxylic acids is 1. The monoisotopic (exact) mass is 514 g/mol. The second-order valence-corrected chi connectivity index (χ2v) is 11.4. The summed E-state index contributed by atoms with van der Waals surface area (Å²) in [4.78, 5) is 54.2. The third kappa shape index (κ3) is 6.70. The van der Waals surface area contributed by atoms with E-state index in [4.69, 9.17) is 9.47 Å². The number of benzene rings is 1. The molecule has 0 aromatic heterocycles. The average molecular weight is 515 g/mol. The zero-order chi connectivity index (χ0) is 27.5. The molecule has 0 radical (unpaired) electrons. The number of nitrogens with zero attached hydrogens (tertiary/aromatic N) is 2. The van der Waals surface area contributed by atoms with Gasteiger partial charge in [0, 0.05) is 25.6 Å². The van der Waals surface area contributed by atoms with Gasteiger partial charge in [-0.15, -0.1) is 6.58 Å².